The zero-order chi connectivity index (χ0) is 12.7. The summed E-state index contributed by atoms with van der Waals surface area (Å²) in [6.45, 7) is 3.08. The van der Waals surface area contributed by atoms with Gasteiger partial charge in [0, 0.05) is 19.0 Å². The van der Waals surface area contributed by atoms with E-state index in [1.807, 2.05) is 24.4 Å². The molecule has 1 unspecified atom stereocenters. The molecule has 5 heteroatoms. The fraction of sp³-hybridized carbons (Fsp3) is 0.583. The summed E-state index contributed by atoms with van der Waals surface area (Å²) in [6, 6.07) is 4.11. The van der Waals surface area contributed by atoms with Crippen molar-refractivity contribution in [1.29, 1.82) is 0 Å². The molecule has 96 valence electrons. The SMILES string of the molecule is COCCOCC(=O)N(C)C(C)c1cccs1. The lowest BCUT2D eigenvalue weighted by atomic mass is 10.2. The van der Waals surface area contributed by atoms with Gasteiger partial charge in [0.25, 0.3) is 0 Å². The fourth-order valence-electron chi connectivity index (χ4n) is 1.34. The second-order valence-corrected chi connectivity index (χ2v) is 4.72. The molecule has 0 aliphatic rings. The first kappa shape index (κ1) is 14.2. The number of carbonyl (C=O) groups is 1. The maximum Gasteiger partial charge on any atom is 0.248 e. The van der Waals surface area contributed by atoms with Crippen LogP contribution in [0.25, 0.3) is 0 Å². The van der Waals surface area contributed by atoms with Crippen molar-refractivity contribution >= 4 is 17.2 Å². The molecule has 0 aromatic carbocycles. The normalized spacial score (nSPS) is 12.4. The minimum atomic E-state index is -0.0120. The van der Waals surface area contributed by atoms with Crippen LogP contribution < -0.4 is 0 Å². The highest BCUT2D eigenvalue weighted by molar-refractivity contribution is 7.10. The number of ether oxygens (including phenoxy) is 2. The molecule has 0 aliphatic carbocycles. The van der Waals surface area contributed by atoms with Crippen LogP contribution in [0.5, 0.6) is 0 Å². The summed E-state index contributed by atoms with van der Waals surface area (Å²) in [5, 5.41) is 2.01. The number of amides is 1. The van der Waals surface area contributed by atoms with E-state index in [0.717, 1.165) is 0 Å². The lowest BCUT2D eigenvalue weighted by Gasteiger charge is -2.24. The maximum absolute atomic E-state index is 11.8. The first-order chi connectivity index (χ1) is 8.16. The van der Waals surface area contributed by atoms with Gasteiger partial charge in [0.2, 0.25) is 5.91 Å². The monoisotopic (exact) mass is 257 g/mol. The van der Waals surface area contributed by atoms with Crippen molar-refractivity contribution in [2.45, 2.75) is 13.0 Å². The Morgan fingerprint density at radius 3 is 2.88 bits per heavy atom. The molecule has 0 saturated carbocycles. The van der Waals surface area contributed by atoms with Gasteiger partial charge in [0.15, 0.2) is 0 Å². The van der Waals surface area contributed by atoms with Crippen molar-refractivity contribution in [3.05, 3.63) is 22.4 Å². The van der Waals surface area contributed by atoms with Crippen LogP contribution in [0.4, 0.5) is 0 Å². The predicted molar refractivity (Wildman–Crippen MR) is 68.2 cm³/mol. The molecule has 0 aliphatic heterocycles. The van der Waals surface area contributed by atoms with Crippen molar-refractivity contribution in [3.63, 3.8) is 0 Å². The molecule has 1 aromatic heterocycles. The summed E-state index contributed by atoms with van der Waals surface area (Å²) < 4.78 is 10.1. The molecule has 1 aromatic rings. The number of hydrogen-bond donors (Lipinski definition) is 0. The van der Waals surface area contributed by atoms with Gasteiger partial charge in [0.05, 0.1) is 19.3 Å². The molecule has 0 saturated heterocycles. The van der Waals surface area contributed by atoms with Gasteiger partial charge < -0.3 is 14.4 Å². The molecule has 1 heterocycles. The van der Waals surface area contributed by atoms with Gasteiger partial charge in [-0.3, -0.25) is 4.79 Å². The van der Waals surface area contributed by atoms with E-state index >= 15 is 0 Å². The third-order valence-electron chi connectivity index (χ3n) is 2.59. The van der Waals surface area contributed by atoms with Gasteiger partial charge in [-0.2, -0.15) is 0 Å². The highest BCUT2D eigenvalue weighted by Gasteiger charge is 2.17. The van der Waals surface area contributed by atoms with Gasteiger partial charge >= 0.3 is 0 Å². The topological polar surface area (TPSA) is 38.8 Å². The average Bonchev–Trinajstić information content (AvgIpc) is 2.86. The summed E-state index contributed by atoms with van der Waals surface area (Å²) >= 11 is 1.65. The summed E-state index contributed by atoms with van der Waals surface area (Å²) in [5.74, 6) is -0.0120. The molecule has 1 rings (SSSR count). The van der Waals surface area contributed by atoms with Gasteiger partial charge in [-0.25, -0.2) is 0 Å². The zero-order valence-electron chi connectivity index (χ0n) is 10.5. The van der Waals surface area contributed by atoms with Crippen molar-refractivity contribution in [2.75, 3.05) is 34.0 Å². The van der Waals surface area contributed by atoms with E-state index in [1.165, 1.54) is 4.88 Å². The van der Waals surface area contributed by atoms with Crippen LogP contribution >= 0.6 is 11.3 Å². The maximum atomic E-state index is 11.8. The van der Waals surface area contributed by atoms with E-state index in [4.69, 9.17) is 9.47 Å². The summed E-state index contributed by atoms with van der Waals surface area (Å²) in [5.41, 5.74) is 0. The van der Waals surface area contributed by atoms with E-state index in [2.05, 4.69) is 0 Å². The molecule has 4 nitrogen and oxygen atoms in total. The first-order valence-electron chi connectivity index (χ1n) is 5.52. The quantitative estimate of drug-likeness (QED) is 0.701. The average molecular weight is 257 g/mol. The standard InChI is InChI=1S/C12H19NO3S/c1-10(11-5-4-8-17-11)13(2)12(14)9-16-7-6-15-3/h4-5,8,10H,6-7,9H2,1-3H3. The van der Waals surface area contributed by atoms with E-state index in [0.29, 0.717) is 13.2 Å². The van der Waals surface area contributed by atoms with Gasteiger partial charge in [-0.05, 0) is 18.4 Å². The Kier molecular flexibility index (Phi) is 6.18. The number of carbonyl (C=O) groups excluding carboxylic acids is 1. The van der Waals surface area contributed by atoms with Crippen LogP contribution in [0.2, 0.25) is 0 Å². The molecule has 1 amide bonds. The van der Waals surface area contributed by atoms with E-state index in [9.17, 15) is 4.79 Å². The van der Waals surface area contributed by atoms with E-state index in [-0.39, 0.29) is 18.6 Å². The van der Waals surface area contributed by atoms with Gasteiger partial charge in [-0.1, -0.05) is 6.07 Å². The molecular weight excluding hydrogens is 238 g/mol. The summed E-state index contributed by atoms with van der Waals surface area (Å²) in [7, 11) is 3.41. The van der Waals surface area contributed by atoms with Crippen molar-refractivity contribution in [3.8, 4) is 0 Å². The number of methoxy groups -OCH3 is 1. The second-order valence-electron chi connectivity index (χ2n) is 3.74. The highest BCUT2D eigenvalue weighted by atomic mass is 32.1. The van der Waals surface area contributed by atoms with Crippen LogP contribution in [0.15, 0.2) is 17.5 Å². The van der Waals surface area contributed by atoms with E-state index in [1.54, 1.807) is 30.4 Å². The minimum Gasteiger partial charge on any atom is -0.382 e. The number of thiophene rings is 1. The summed E-state index contributed by atoms with van der Waals surface area (Å²) in [6.07, 6.45) is 0. The molecule has 0 spiro atoms. The first-order valence-corrected chi connectivity index (χ1v) is 6.40. The van der Waals surface area contributed by atoms with Crippen molar-refractivity contribution in [1.82, 2.24) is 4.90 Å². The molecule has 0 N–H and O–H groups in total. The Morgan fingerprint density at radius 1 is 1.53 bits per heavy atom. The van der Waals surface area contributed by atoms with Crippen LogP contribution in [0.1, 0.15) is 17.8 Å². The van der Waals surface area contributed by atoms with Crippen LogP contribution in [0.3, 0.4) is 0 Å². The van der Waals surface area contributed by atoms with Crippen LogP contribution in [-0.4, -0.2) is 44.8 Å². The lowest BCUT2D eigenvalue weighted by Crippen LogP contribution is -2.32. The smallest absolute Gasteiger partial charge is 0.248 e. The Labute approximate surface area is 106 Å². The number of rotatable bonds is 7. The second kappa shape index (κ2) is 7.42. The van der Waals surface area contributed by atoms with Crippen molar-refractivity contribution in [2.24, 2.45) is 0 Å². The molecule has 1 atom stereocenters. The van der Waals surface area contributed by atoms with Gasteiger partial charge in [-0.15, -0.1) is 11.3 Å². The zero-order valence-corrected chi connectivity index (χ0v) is 11.3. The highest BCUT2D eigenvalue weighted by Crippen LogP contribution is 2.23. The third kappa shape index (κ3) is 4.46. The largest absolute Gasteiger partial charge is 0.382 e. The third-order valence-corrected chi connectivity index (χ3v) is 3.63. The number of likely N-dealkylation sites (N-methyl/N-ethyl adjacent to an activating group) is 1. The fourth-order valence-corrected chi connectivity index (χ4v) is 2.17. The summed E-state index contributed by atoms with van der Waals surface area (Å²) in [4.78, 5) is 14.7. The Balaban J connectivity index is 2.36. The minimum absolute atomic E-state index is 0.0120. The Morgan fingerprint density at radius 2 is 2.29 bits per heavy atom. The van der Waals surface area contributed by atoms with Crippen molar-refractivity contribution < 1.29 is 14.3 Å². The lowest BCUT2D eigenvalue weighted by molar-refractivity contribution is -0.137. The Bertz CT molecular complexity index is 327. The molecule has 0 fully saturated rings. The van der Waals surface area contributed by atoms with Crippen LogP contribution in [-0.2, 0) is 14.3 Å². The Hall–Kier alpha value is -0.910. The van der Waals surface area contributed by atoms with Crippen LogP contribution in [0, 0.1) is 0 Å². The predicted octanol–water partition coefficient (Wildman–Crippen LogP) is 1.93. The number of hydrogen-bond acceptors (Lipinski definition) is 4. The molecular formula is C12H19NO3S. The number of nitrogens with zero attached hydrogens (tertiary/aromatic N) is 1. The van der Waals surface area contributed by atoms with Gasteiger partial charge in [0.1, 0.15) is 6.61 Å². The molecule has 0 bridgehead atoms. The van der Waals surface area contributed by atoms with E-state index < -0.39 is 0 Å². The molecule has 0 radical (unpaired) electrons. The molecule has 17 heavy (non-hydrogen) atoms.